The average molecular weight is 178 g/mol. The highest BCUT2D eigenvalue weighted by atomic mass is 32.2. The number of hydrogen-bond acceptors (Lipinski definition) is 4. The molecule has 4 heteroatoms. The van der Waals surface area contributed by atoms with Crippen molar-refractivity contribution in [2.24, 2.45) is 0 Å². The first-order valence-electron chi connectivity index (χ1n) is 3.69. The van der Waals surface area contributed by atoms with Gasteiger partial charge in [-0.25, -0.2) is 0 Å². The van der Waals surface area contributed by atoms with E-state index in [1.807, 2.05) is 13.2 Å². The molecule has 1 rings (SSSR count). The summed E-state index contributed by atoms with van der Waals surface area (Å²) >= 11 is 1.58. The normalized spacial score (nSPS) is 45.8. The third kappa shape index (κ3) is 2.08. The molecule has 11 heavy (non-hydrogen) atoms. The summed E-state index contributed by atoms with van der Waals surface area (Å²) in [7, 11) is 0. The van der Waals surface area contributed by atoms with Crippen LogP contribution in [0.2, 0.25) is 0 Å². The third-order valence-corrected chi connectivity index (χ3v) is 3.17. The predicted molar refractivity (Wildman–Crippen MR) is 44.5 cm³/mol. The lowest BCUT2D eigenvalue weighted by molar-refractivity contribution is -0.179. The second-order valence-corrected chi connectivity index (χ2v) is 3.81. The minimum absolute atomic E-state index is 0.0660. The Bertz CT molecular complexity index is 119. The zero-order valence-electron chi connectivity index (χ0n) is 6.73. The summed E-state index contributed by atoms with van der Waals surface area (Å²) in [5.74, 6) is 0. The van der Waals surface area contributed by atoms with Crippen molar-refractivity contribution in [1.29, 1.82) is 0 Å². The fourth-order valence-electron chi connectivity index (χ4n) is 1.38. The van der Waals surface area contributed by atoms with Gasteiger partial charge >= 0.3 is 0 Å². The maximum Gasteiger partial charge on any atom is 0.157 e. The summed E-state index contributed by atoms with van der Waals surface area (Å²) in [6.07, 6.45) is 0.970. The number of aliphatic hydroxyl groups excluding tert-OH is 2. The van der Waals surface area contributed by atoms with Gasteiger partial charge in [0, 0.05) is 6.42 Å². The van der Waals surface area contributed by atoms with Gasteiger partial charge in [-0.2, -0.15) is 11.8 Å². The van der Waals surface area contributed by atoms with E-state index in [0.29, 0.717) is 6.42 Å². The van der Waals surface area contributed by atoms with Gasteiger partial charge in [-0.1, -0.05) is 0 Å². The van der Waals surface area contributed by atoms with Crippen molar-refractivity contribution in [2.45, 2.75) is 37.1 Å². The highest BCUT2D eigenvalue weighted by molar-refractivity contribution is 7.99. The number of rotatable bonds is 1. The minimum Gasteiger partial charge on any atom is -0.392 e. The zero-order chi connectivity index (χ0) is 8.43. The quantitative estimate of drug-likeness (QED) is 0.602. The molecule has 0 spiro atoms. The van der Waals surface area contributed by atoms with Crippen LogP contribution < -0.4 is 0 Å². The van der Waals surface area contributed by atoms with Crippen molar-refractivity contribution in [2.75, 3.05) is 6.26 Å². The molecule has 4 atom stereocenters. The van der Waals surface area contributed by atoms with Crippen molar-refractivity contribution in [3.8, 4) is 0 Å². The molecule has 0 radical (unpaired) electrons. The van der Waals surface area contributed by atoms with E-state index < -0.39 is 12.4 Å². The lowest BCUT2D eigenvalue weighted by Crippen LogP contribution is -2.44. The SMILES string of the molecule is CS[C@H]1[C@@H](O)C[C@H](O)O[C@@H]1C. The van der Waals surface area contributed by atoms with E-state index in [4.69, 9.17) is 9.84 Å². The fourth-order valence-corrected chi connectivity index (χ4v) is 2.26. The van der Waals surface area contributed by atoms with Crippen molar-refractivity contribution >= 4 is 11.8 Å². The molecule has 0 amide bonds. The van der Waals surface area contributed by atoms with Crippen LogP contribution in [0.15, 0.2) is 0 Å². The Kier molecular flexibility index (Phi) is 3.18. The summed E-state index contributed by atoms with van der Waals surface area (Å²) in [5, 5.41) is 18.6. The summed E-state index contributed by atoms with van der Waals surface area (Å²) in [5.41, 5.74) is 0. The smallest absolute Gasteiger partial charge is 0.157 e. The molecule has 0 aromatic rings. The van der Waals surface area contributed by atoms with Gasteiger partial charge in [-0.05, 0) is 13.2 Å². The average Bonchev–Trinajstić information content (AvgIpc) is 1.85. The van der Waals surface area contributed by atoms with Crippen LogP contribution in [0.5, 0.6) is 0 Å². The van der Waals surface area contributed by atoms with Crippen molar-refractivity contribution in [3.63, 3.8) is 0 Å². The molecule has 0 aromatic heterocycles. The third-order valence-electron chi connectivity index (χ3n) is 1.93. The molecule has 1 aliphatic rings. The van der Waals surface area contributed by atoms with Crippen LogP contribution in [-0.4, -0.2) is 40.2 Å². The largest absolute Gasteiger partial charge is 0.392 e. The summed E-state index contributed by atoms with van der Waals surface area (Å²) < 4.78 is 5.13. The van der Waals surface area contributed by atoms with Crippen molar-refractivity contribution in [3.05, 3.63) is 0 Å². The van der Waals surface area contributed by atoms with Crippen LogP contribution in [-0.2, 0) is 4.74 Å². The molecule has 0 unspecified atom stereocenters. The first-order valence-corrected chi connectivity index (χ1v) is 4.98. The first kappa shape index (κ1) is 9.32. The lowest BCUT2D eigenvalue weighted by atomic mass is 10.1. The van der Waals surface area contributed by atoms with E-state index in [0.717, 1.165) is 0 Å². The summed E-state index contributed by atoms with van der Waals surface area (Å²) in [4.78, 5) is 0. The van der Waals surface area contributed by atoms with Gasteiger partial charge in [0.25, 0.3) is 0 Å². The second kappa shape index (κ2) is 3.76. The number of hydrogen-bond donors (Lipinski definition) is 2. The van der Waals surface area contributed by atoms with E-state index in [2.05, 4.69) is 0 Å². The standard InChI is InChI=1S/C7H14O3S/c1-4-7(11-2)5(8)3-6(9)10-4/h4-9H,3H2,1-2H3/t4-,5+,6-,7-/m1/s1. The van der Waals surface area contributed by atoms with Crippen LogP contribution in [0.4, 0.5) is 0 Å². The Labute approximate surface area is 70.7 Å². The van der Waals surface area contributed by atoms with Gasteiger partial charge < -0.3 is 14.9 Å². The fraction of sp³-hybridized carbons (Fsp3) is 1.00. The van der Waals surface area contributed by atoms with Gasteiger partial charge in [0.2, 0.25) is 0 Å². The predicted octanol–water partition coefficient (Wildman–Crippen LogP) is 0.206. The molecule has 3 nitrogen and oxygen atoms in total. The van der Waals surface area contributed by atoms with Crippen molar-refractivity contribution < 1.29 is 14.9 Å². The highest BCUT2D eigenvalue weighted by Crippen LogP contribution is 2.26. The van der Waals surface area contributed by atoms with Gasteiger partial charge in [0.1, 0.15) is 0 Å². The van der Waals surface area contributed by atoms with Gasteiger partial charge in [0.15, 0.2) is 6.29 Å². The molecular weight excluding hydrogens is 164 g/mol. The Balaban J connectivity index is 2.52. The minimum atomic E-state index is -0.789. The topological polar surface area (TPSA) is 49.7 Å². The van der Waals surface area contributed by atoms with Gasteiger partial charge in [-0.15, -0.1) is 0 Å². The number of aliphatic hydroxyl groups is 2. The Morgan fingerprint density at radius 3 is 2.55 bits per heavy atom. The maximum absolute atomic E-state index is 9.45. The number of ether oxygens (including phenoxy) is 1. The molecular formula is C7H14O3S. The van der Waals surface area contributed by atoms with Crippen molar-refractivity contribution in [1.82, 2.24) is 0 Å². The maximum atomic E-state index is 9.45. The van der Waals surface area contributed by atoms with E-state index in [1.54, 1.807) is 11.8 Å². The molecule has 1 saturated heterocycles. The van der Waals surface area contributed by atoms with Crippen LogP contribution in [0.3, 0.4) is 0 Å². The van der Waals surface area contributed by atoms with E-state index in [-0.39, 0.29) is 11.4 Å². The monoisotopic (exact) mass is 178 g/mol. The number of thioether (sulfide) groups is 1. The van der Waals surface area contributed by atoms with Crippen LogP contribution in [0.1, 0.15) is 13.3 Å². The molecule has 0 bridgehead atoms. The summed E-state index contributed by atoms with van der Waals surface area (Å²) in [6, 6.07) is 0. The van der Waals surface area contributed by atoms with Crippen LogP contribution in [0.25, 0.3) is 0 Å². The molecule has 0 aliphatic carbocycles. The molecule has 66 valence electrons. The van der Waals surface area contributed by atoms with E-state index in [1.165, 1.54) is 0 Å². The summed E-state index contributed by atoms with van der Waals surface area (Å²) in [6.45, 7) is 1.87. The molecule has 0 aromatic carbocycles. The molecule has 1 fully saturated rings. The first-order chi connectivity index (χ1) is 5.15. The lowest BCUT2D eigenvalue weighted by Gasteiger charge is -2.35. The molecule has 1 heterocycles. The Morgan fingerprint density at radius 1 is 1.45 bits per heavy atom. The van der Waals surface area contributed by atoms with Crippen LogP contribution in [0, 0.1) is 0 Å². The second-order valence-electron chi connectivity index (χ2n) is 2.80. The highest BCUT2D eigenvalue weighted by Gasteiger charge is 2.33. The molecule has 1 aliphatic heterocycles. The van der Waals surface area contributed by atoms with E-state index >= 15 is 0 Å². The van der Waals surface area contributed by atoms with Gasteiger partial charge in [-0.3, -0.25) is 0 Å². The van der Waals surface area contributed by atoms with Gasteiger partial charge in [0.05, 0.1) is 17.5 Å². The Morgan fingerprint density at radius 2 is 2.09 bits per heavy atom. The Hall–Kier alpha value is 0.230. The molecule has 2 N–H and O–H groups in total. The molecule has 0 saturated carbocycles. The van der Waals surface area contributed by atoms with E-state index in [9.17, 15) is 5.11 Å². The van der Waals surface area contributed by atoms with Crippen LogP contribution >= 0.6 is 11.8 Å². The zero-order valence-corrected chi connectivity index (χ0v) is 7.54.